The summed E-state index contributed by atoms with van der Waals surface area (Å²) in [6.45, 7) is 4.40. The van der Waals surface area contributed by atoms with Crippen molar-refractivity contribution in [2.24, 2.45) is 9.98 Å². The van der Waals surface area contributed by atoms with E-state index in [0.717, 1.165) is 25.9 Å². The Bertz CT molecular complexity index is 892. The molecule has 154 valence electrons. The van der Waals surface area contributed by atoms with E-state index in [1.807, 2.05) is 6.20 Å². The maximum absolute atomic E-state index is 12.4. The van der Waals surface area contributed by atoms with Gasteiger partial charge in [-0.05, 0) is 39.0 Å². The topological polar surface area (TPSA) is 58.7 Å². The molecule has 0 N–H and O–H groups in total. The summed E-state index contributed by atoms with van der Waals surface area (Å²) in [5.41, 5.74) is 1.95. The molecule has 3 rings (SSSR count). The Labute approximate surface area is 167 Å². The second-order valence-corrected chi connectivity index (χ2v) is 6.94. The lowest BCUT2D eigenvalue weighted by Crippen LogP contribution is -2.31. The Morgan fingerprint density at radius 1 is 1.28 bits per heavy atom. The van der Waals surface area contributed by atoms with E-state index in [0.29, 0.717) is 28.7 Å². The molecular formula is C20H23F3N6. The molecule has 0 aliphatic carbocycles. The van der Waals surface area contributed by atoms with E-state index in [1.54, 1.807) is 12.4 Å². The van der Waals surface area contributed by atoms with E-state index in [9.17, 15) is 13.2 Å². The van der Waals surface area contributed by atoms with Crippen molar-refractivity contribution in [3.8, 4) is 11.4 Å². The summed E-state index contributed by atoms with van der Waals surface area (Å²) in [6.07, 6.45) is 7.05. The molecule has 0 radical (unpaired) electrons. The third kappa shape index (κ3) is 5.60. The second kappa shape index (κ2) is 9.13. The molecule has 0 spiro atoms. The van der Waals surface area contributed by atoms with Gasteiger partial charge in [0, 0.05) is 36.4 Å². The summed E-state index contributed by atoms with van der Waals surface area (Å²) in [5.74, 6) is 0. The zero-order valence-corrected chi connectivity index (χ0v) is 16.2. The first kappa shape index (κ1) is 20.9. The minimum atomic E-state index is -4.36. The lowest BCUT2D eigenvalue weighted by Gasteiger charge is -2.29. The van der Waals surface area contributed by atoms with Crippen molar-refractivity contribution in [3.63, 3.8) is 0 Å². The number of aromatic nitrogens is 3. The summed E-state index contributed by atoms with van der Waals surface area (Å²) in [7, 11) is 2.11. The lowest BCUT2D eigenvalue weighted by atomic mass is 10.1. The van der Waals surface area contributed by atoms with Crippen LogP contribution in [0.3, 0.4) is 0 Å². The third-order valence-electron chi connectivity index (χ3n) is 4.72. The number of alkyl halides is 3. The Morgan fingerprint density at radius 3 is 2.72 bits per heavy atom. The molecule has 1 saturated heterocycles. The van der Waals surface area contributed by atoms with Gasteiger partial charge in [0.25, 0.3) is 0 Å². The predicted octanol–water partition coefficient (Wildman–Crippen LogP) is 4.08. The lowest BCUT2D eigenvalue weighted by molar-refractivity contribution is -0.118. The normalized spacial score (nSPS) is 16.8. The molecule has 1 fully saturated rings. The molecule has 3 heterocycles. The number of nitrogens with zero attached hydrogens (tertiary/aromatic N) is 6. The molecule has 0 atom stereocenters. The molecule has 0 bridgehead atoms. The van der Waals surface area contributed by atoms with Crippen LogP contribution in [-0.4, -0.2) is 64.7 Å². The number of pyridine rings is 1. The number of allylic oxidation sites excluding steroid dienone is 1. The highest BCUT2D eigenvalue weighted by atomic mass is 19.4. The van der Waals surface area contributed by atoms with Crippen molar-refractivity contribution < 1.29 is 13.2 Å². The highest BCUT2D eigenvalue weighted by molar-refractivity contribution is 5.93. The van der Waals surface area contributed by atoms with Gasteiger partial charge in [0.05, 0.1) is 12.0 Å². The molecule has 0 amide bonds. The van der Waals surface area contributed by atoms with Crippen molar-refractivity contribution in [1.29, 1.82) is 0 Å². The molecule has 9 heteroatoms. The van der Waals surface area contributed by atoms with Crippen LogP contribution in [0.1, 0.15) is 24.4 Å². The molecular weight excluding hydrogens is 381 g/mol. The molecule has 2 aromatic heterocycles. The van der Waals surface area contributed by atoms with Gasteiger partial charge in [0.2, 0.25) is 0 Å². The fraction of sp³-hybridized carbons (Fsp3) is 0.400. The Balaban J connectivity index is 1.91. The van der Waals surface area contributed by atoms with Gasteiger partial charge in [-0.3, -0.25) is 15.0 Å². The Morgan fingerprint density at radius 2 is 2.03 bits per heavy atom. The monoisotopic (exact) mass is 404 g/mol. The largest absolute Gasteiger partial charge is 0.407 e. The summed E-state index contributed by atoms with van der Waals surface area (Å²) in [5, 5.41) is 0. The first-order chi connectivity index (χ1) is 13.9. The van der Waals surface area contributed by atoms with Crippen LogP contribution in [0, 0.1) is 0 Å². The van der Waals surface area contributed by atoms with Crippen molar-refractivity contribution in [2.45, 2.75) is 25.1 Å². The van der Waals surface area contributed by atoms with Crippen LogP contribution in [0.4, 0.5) is 18.9 Å². The number of likely N-dealkylation sites (tertiary alicyclic amines) is 1. The van der Waals surface area contributed by atoms with E-state index in [4.69, 9.17) is 0 Å². The number of imidazole rings is 1. The standard InChI is InChI=1S/C20H23F3N6/c1-3-7-25-18-15(11-24-13-20(21,22)23)4-8-26-19(18)17-12-29(14-27-17)16-5-9-28(2)10-6-16/h3-4,7-8,11-12,14,16H,1,5-6,9-10,13H2,2H3. The minimum absolute atomic E-state index is 0.365. The molecule has 1 aliphatic rings. The fourth-order valence-corrected chi connectivity index (χ4v) is 3.22. The van der Waals surface area contributed by atoms with Crippen molar-refractivity contribution in [3.05, 3.63) is 43.0 Å². The summed E-state index contributed by atoms with van der Waals surface area (Å²) < 4.78 is 39.4. The molecule has 0 saturated carbocycles. The van der Waals surface area contributed by atoms with E-state index >= 15 is 0 Å². The molecule has 1 aliphatic heterocycles. The van der Waals surface area contributed by atoms with Crippen LogP contribution in [0.25, 0.3) is 11.4 Å². The highest BCUT2D eigenvalue weighted by Gasteiger charge is 2.26. The van der Waals surface area contributed by atoms with E-state index in [1.165, 1.54) is 24.7 Å². The summed E-state index contributed by atoms with van der Waals surface area (Å²) in [6, 6.07) is 1.94. The average Bonchev–Trinajstić information content (AvgIpc) is 3.16. The highest BCUT2D eigenvalue weighted by Crippen LogP contribution is 2.31. The number of rotatable bonds is 6. The Kier molecular flexibility index (Phi) is 6.58. The average molecular weight is 404 g/mol. The van der Waals surface area contributed by atoms with Gasteiger partial charge < -0.3 is 9.47 Å². The molecule has 0 unspecified atom stereocenters. The maximum Gasteiger partial charge on any atom is 0.407 e. The van der Waals surface area contributed by atoms with Crippen LogP contribution in [0.2, 0.25) is 0 Å². The molecule has 6 nitrogen and oxygen atoms in total. The van der Waals surface area contributed by atoms with Gasteiger partial charge in [-0.25, -0.2) is 4.98 Å². The van der Waals surface area contributed by atoms with Gasteiger partial charge in [-0.1, -0.05) is 12.7 Å². The number of piperidine rings is 1. The maximum atomic E-state index is 12.4. The molecule has 0 aromatic carbocycles. The van der Waals surface area contributed by atoms with Crippen LogP contribution < -0.4 is 0 Å². The van der Waals surface area contributed by atoms with Gasteiger partial charge in [-0.2, -0.15) is 13.2 Å². The molecule has 29 heavy (non-hydrogen) atoms. The fourth-order valence-electron chi connectivity index (χ4n) is 3.22. The number of hydrogen-bond donors (Lipinski definition) is 0. The van der Waals surface area contributed by atoms with Crippen LogP contribution in [0.15, 0.2) is 47.4 Å². The molecule has 2 aromatic rings. The van der Waals surface area contributed by atoms with Crippen LogP contribution >= 0.6 is 0 Å². The van der Waals surface area contributed by atoms with Crippen molar-refractivity contribution in [2.75, 3.05) is 26.7 Å². The smallest absolute Gasteiger partial charge is 0.334 e. The zero-order valence-electron chi connectivity index (χ0n) is 16.2. The van der Waals surface area contributed by atoms with E-state index in [2.05, 4.69) is 43.0 Å². The quantitative estimate of drug-likeness (QED) is 0.682. The van der Waals surface area contributed by atoms with E-state index in [-0.39, 0.29) is 0 Å². The third-order valence-corrected chi connectivity index (χ3v) is 4.72. The van der Waals surface area contributed by atoms with Gasteiger partial charge in [0.15, 0.2) is 0 Å². The number of halogens is 3. The first-order valence-electron chi connectivity index (χ1n) is 9.30. The SMILES string of the molecule is C=CC=Nc1c(C=NCC(F)(F)F)ccnc1-c1cn(C2CCN(C)CC2)cn1. The summed E-state index contributed by atoms with van der Waals surface area (Å²) >= 11 is 0. The number of hydrogen-bond acceptors (Lipinski definition) is 5. The predicted molar refractivity (Wildman–Crippen MR) is 108 cm³/mol. The summed E-state index contributed by atoms with van der Waals surface area (Å²) in [4.78, 5) is 18.9. The van der Waals surface area contributed by atoms with Gasteiger partial charge >= 0.3 is 6.18 Å². The zero-order chi connectivity index (χ0) is 20.9. The minimum Gasteiger partial charge on any atom is -0.334 e. The second-order valence-electron chi connectivity index (χ2n) is 6.94. The number of aliphatic imine (C=N–C) groups is 2. The van der Waals surface area contributed by atoms with E-state index < -0.39 is 12.7 Å². The van der Waals surface area contributed by atoms with Crippen molar-refractivity contribution >= 4 is 18.1 Å². The first-order valence-corrected chi connectivity index (χ1v) is 9.30. The van der Waals surface area contributed by atoms with Crippen LogP contribution in [0.5, 0.6) is 0 Å². The van der Waals surface area contributed by atoms with Gasteiger partial charge in [0.1, 0.15) is 17.9 Å². The Hall–Kier alpha value is -2.81. The van der Waals surface area contributed by atoms with Gasteiger partial charge in [-0.15, -0.1) is 0 Å². The van der Waals surface area contributed by atoms with Crippen LogP contribution in [-0.2, 0) is 0 Å². The van der Waals surface area contributed by atoms with Crippen molar-refractivity contribution in [1.82, 2.24) is 19.4 Å².